The number of benzene rings is 1. The van der Waals surface area contributed by atoms with E-state index in [4.69, 9.17) is 9.47 Å². The summed E-state index contributed by atoms with van der Waals surface area (Å²) < 4.78 is 36.8. The molecule has 118 valence electrons. The van der Waals surface area contributed by atoms with Gasteiger partial charge in [0.05, 0.1) is 13.7 Å². The standard InChI is InChI=1S/C15H19F2NO2.ClH/c1-19-14-12-4-5-18-8-11(12)2-3-13(14)20-9-10-6-15(16,17)7-10;/h2-3,10,18H,4-9H2,1H3;1H. The topological polar surface area (TPSA) is 30.5 Å². The van der Waals surface area contributed by atoms with E-state index < -0.39 is 5.92 Å². The molecule has 6 heteroatoms. The lowest BCUT2D eigenvalue weighted by molar-refractivity contribution is -0.119. The van der Waals surface area contributed by atoms with Gasteiger partial charge in [-0.1, -0.05) is 6.07 Å². The van der Waals surface area contributed by atoms with Crippen LogP contribution in [0.1, 0.15) is 24.0 Å². The molecule has 1 aliphatic carbocycles. The summed E-state index contributed by atoms with van der Waals surface area (Å²) in [6.07, 6.45) is 0.769. The fraction of sp³-hybridized carbons (Fsp3) is 0.600. The van der Waals surface area contributed by atoms with E-state index in [1.54, 1.807) is 7.11 Å². The van der Waals surface area contributed by atoms with Gasteiger partial charge in [-0.2, -0.15) is 0 Å². The van der Waals surface area contributed by atoms with Crippen molar-refractivity contribution in [1.82, 2.24) is 5.32 Å². The number of hydrogen-bond acceptors (Lipinski definition) is 3. The van der Waals surface area contributed by atoms with Crippen LogP contribution in [0.4, 0.5) is 8.78 Å². The fourth-order valence-corrected chi connectivity index (χ4v) is 2.97. The molecule has 0 atom stereocenters. The third-order valence-electron chi connectivity index (χ3n) is 4.04. The molecular weight excluding hydrogens is 300 g/mol. The minimum Gasteiger partial charge on any atom is -0.493 e. The molecule has 1 aromatic rings. The first-order chi connectivity index (χ1) is 9.59. The van der Waals surface area contributed by atoms with Crippen molar-refractivity contribution < 1.29 is 18.3 Å². The van der Waals surface area contributed by atoms with Gasteiger partial charge in [-0.3, -0.25) is 0 Å². The molecule has 1 aliphatic heterocycles. The Balaban J connectivity index is 0.00000161. The highest BCUT2D eigenvalue weighted by atomic mass is 35.5. The van der Waals surface area contributed by atoms with Crippen LogP contribution in [0.25, 0.3) is 0 Å². The zero-order chi connectivity index (χ0) is 14.2. The second-order valence-corrected chi connectivity index (χ2v) is 5.60. The van der Waals surface area contributed by atoms with Crippen LogP contribution in [0.2, 0.25) is 0 Å². The molecule has 1 aromatic carbocycles. The van der Waals surface area contributed by atoms with Crippen molar-refractivity contribution in [3.8, 4) is 11.5 Å². The first-order valence-electron chi connectivity index (χ1n) is 6.99. The summed E-state index contributed by atoms with van der Waals surface area (Å²) in [6.45, 7) is 2.09. The molecule has 0 amide bonds. The van der Waals surface area contributed by atoms with Crippen molar-refractivity contribution in [3.63, 3.8) is 0 Å². The van der Waals surface area contributed by atoms with Crippen molar-refractivity contribution in [3.05, 3.63) is 23.3 Å². The third-order valence-corrected chi connectivity index (χ3v) is 4.04. The van der Waals surface area contributed by atoms with E-state index in [1.807, 2.05) is 12.1 Å². The zero-order valence-electron chi connectivity index (χ0n) is 12.0. The lowest BCUT2D eigenvalue weighted by Crippen LogP contribution is -2.38. The van der Waals surface area contributed by atoms with Crippen LogP contribution in [0.15, 0.2) is 12.1 Å². The Bertz CT molecular complexity index is 503. The molecule has 0 spiro atoms. The highest BCUT2D eigenvalue weighted by Gasteiger charge is 2.45. The average molecular weight is 320 g/mol. The Morgan fingerprint density at radius 2 is 2.10 bits per heavy atom. The summed E-state index contributed by atoms with van der Waals surface area (Å²) in [5.41, 5.74) is 2.39. The molecule has 0 saturated heterocycles. The van der Waals surface area contributed by atoms with E-state index in [0.29, 0.717) is 12.4 Å². The predicted molar refractivity (Wildman–Crippen MR) is 78.8 cm³/mol. The summed E-state index contributed by atoms with van der Waals surface area (Å²) >= 11 is 0. The lowest BCUT2D eigenvalue weighted by Gasteiger charge is -2.34. The Labute approximate surface area is 129 Å². The predicted octanol–water partition coefficient (Wildman–Crippen LogP) is 3.19. The first-order valence-corrected chi connectivity index (χ1v) is 6.99. The third kappa shape index (κ3) is 3.40. The van der Waals surface area contributed by atoms with Crippen LogP contribution in [0.5, 0.6) is 11.5 Å². The molecule has 1 heterocycles. The molecule has 1 fully saturated rings. The molecule has 0 bridgehead atoms. The summed E-state index contributed by atoms with van der Waals surface area (Å²) in [7, 11) is 1.63. The monoisotopic (exact) mass is 319 g/mol. The number of halogens is 3. The van der Waals surface area contributed by atoms with Gasteiger partial charge in [0, 0.05) is 30.9 Å². The number of hydrogen-bond donors (Lipinski definition) is 1. The van der Waals surface area contributed by atoms with Gasteiger partial charge in [0.1, 0.15) is 0 Å². The van der Waals surface area contributed by atoms with Gasteiger partial charge in [-0.25, -0.2) is 8.78 Å². The van der Waals surface area contributed by atoms with Gasteiger partial charge in [-0.15, -0.1) is 12.4 Å². The molecule has 3 rings (SSSR count). The smallest absolute Gasteiger partial charge is 0.248 e. The van der Waals surface area contributed by atoms with E-state index in [1.165, 1.54) is 11.1 Å². The molecule has 0 radical (unpaired) electrons. The minimum absolute atomic E-state index is 0. The van der Waals surface area contributed by atoms with E-state index in [-0.39, 0.29) is 31.2 Å². The molecular formula is C15H20ClF2NO2. The number of alkyl halides is 2. The maximum Gasteiger partial charge on any atom is 0.248 e. The number of methoxy groups -OCH3 is 1. The summed E-state index contributed by atoms with van der Waals surface area (Å²) in [5.74, 6) is -1.11. The van der Waals surface area contributed by atoms with Gasteiger partial charge in [0.25, 0.3) is 0 Å². The Morgan fingerprint density at radius 3 is 2.76 bits per heavy atom. The van der Waals surface area contributed by atoms with Gasteiger partial charge in [0.15, 0.2) is 11.5 Å². The largest absolute Gasteiger partial charge is 0.493 e. The van der Waals surface area contributed by atoms with Crippen LogP contribution >= 0.6 is 12.4 Å². The van der Waals surface area contributed by atoms with Crippen LogP contribution in [0, 0.1) is 5.92 Å². The first kappa shape index (κ1) is 16.3. The van der Waals surface area contributed by atoms with Crippen molar-refractivity contribution in [2.24, 2.45) is 5.92 Å². The number of ether oxygens (including phenoxy) is 2. The average Bonchev–Trinajstić information content (AvgIpc) is 2.42. The van der Waals surface area contributed by atoms with Gasteiger partial charge in [-0.05, 0) is 24.6 Å². The number of nitrogens with one attached hydrogen (secondary N) is 1. The quantitative estimate of drug-likeness (QED) is 0.924. The number of rotatable bonds is 4. The Kier molecular flexibility index (Phi) is 4.94. The SMILES string of the molecule is COc1c(OCC2CC(F)(F)C2)ccc2c1CCNC2.Cl. The summed E-state index contributed by atoms with van der Waals surface area (Å²) in [4.78, 5) is 0. The Morgan fingerprint density at radius 1 is 1.33 bits per heavy atom. The van der Waals surface area contributed by atoms with Crippen LogP contribution in [-0.2, 0) is 13.0 Å². The summed E-state index contributed by atoms with van der Waals surface area (Å²) in [6, 6.07) is 3.90. The molecule has 1 saturated carbocycles. The molecule has 2 aliphatic rings. The molecule has 3 nitrogen and oxygen atoms in total. The van der Waals surface area contributed by atoms with Crippen molar-refractivity contribution >= 4 is 12.4 Å². The number of fused-ring (bicyclic) bond motifs is 1. The van der Waals surface area contributed by atoms with E-state index in [9.17, 15) is 8.78 Å². The Hall–Kier alpha value is -1.07. The highest BCUT2D eigenvalue weighted by molar-refractivity contribution is 5.85. The molecule has 21 heavy (non-hydrogen) atoms. The molecule has 0 unspecified atom stereocenters. The van der Waals surface area contributed by atoms with Crippen molar-refractivity contribution in [2.75, 3.05) is 20.3 Å². The normalized spacial score (nSPS) is 20.0. The minimum atomic E-state index is -2.49. The van der Waals surface area contributed by atoms with E-state index in [0.717, 1.165) is 25.3 Å². The second-order valence-electron chi connectivity index (χ2n) is 5.60. The van der Waals surface area contributed by atoms with Crippen LogP contribution in [0.3, 0.4) is 0 Å². The fourth-order valence-electron chi connectivity index (χ4n) is 2.97. The van der Waals surface area contributed by atoms with Gasteiger partial charge < -0.3 is 14.8 Å². The van der Waals surface area contributed by atoms with Crippen molar-refractivity contribution in [1.29, 1.82) is 0 Å². The van der Waals surface area contributed by atoms with E-state index >= 15 is 0 Å². The van der Waals surface area contributed by atoms with Gasteiger partial charge in [0.2, 0.25) is 5.92 Å². The van der Waals surface area contributed by atoms with Crippen LogP contribution < -0.4 is 14.8 Å². The molecule has 0 aromatic heterocycles. The van der Waals surface area contributed by atoms with E-state index in [2.05, 4.69) is 5.32 Å². The van der Waals surface area contributed by atoms with Crippen molar-refractivity contribution in [2.45, 2.75) is 31.7 Å². The zero-order valence-corrected chi connectivity index (χ0v) is 12.8. The highest BCUT2D eigenvalue weighted by Crippen LogP contribution is 2.43. The second kappa shape index (κ2) is 6.36. The lowest BCUT2D eigenvalue weighted by atomic mass is 9.82. The maximum absolute atomic E-state index is 12.8. The maximum atomic E-state index is 12.8. The molecule has 1 N–H and O–H groups in total. The summed E-state index contributed by atoms with van der Waals surface area (Å²) in [5, 5.41) is 3.31. The van der Waals surface area contributed by atoms with Gasteiger partial charge >= 0.3 is 0 Å². The van der Waals surface area contributed by atoms with Crippen LogP contribution in [-0.4, -0.2) is 26.2 Å².